The Labute approximate surface area is 111 Å². The molecule has 0 saturated carbocycles. The van der Waals surface area contributed by atoms with Gasteiger partial charge in [-0.15, -0.1) is 0 Å². The monoisotopic (exact) mass is 257 g/mol. The second-order valence-corrected chi connectivity index (χ2v) is 4.76. The molecule has 2 aromatic rings. The van der Waals surface area contributed by atoms with Crippen molar-refractivity contribution < 1.29 is 14.6 Å². The van der Waals surface area contributed by atoms with E-state index in [1.807, 2.05) is 31.3 Å². The fourth-order valence-corrected chi connectivity index (χ4v) is 2.85. The lowest BCUT2D eigenvalue weighted by Gasteiger charge is -2.17. The first kappa shape index (κ1) is 11.8. The molecule has 0 spiro atoms. The van der Waals surface area contributed by atoms with Crippen molar-refractivity contribution in [1.82, 2.24) is 0 Å². The first-order chi connectivity index (χ1) is 9.15. The fraction of sp³-hybridized carbons (Fsp3) is 0.267. The van der Waals surface area contributed by atoms with Gasteiger partial charge in [-0.05, 0) is 12.0 Å². The van der Waals surface area contributed by atoms with Gasteiger partial charge in [-0.25, -0.2) is 4.79 Å². The van der Waals surface area contributed by atoms with Crippen molar-refractivity contribution in [3.8, 4) is 5.75 Å². The van der Waals surface area contributed by atoms with Crippen LogP contribution in [-0.2, 0) is 11.2 Å². The highest BCUT2D eigenvalue weighted by atomic mass is 16.5. The normalized spacial score (nSPS) is 13.7. The highest BCUT2D eigenvalue weighted by Crippen LogP contribution is 2.43. The van der Waals surface area contributed by atoms with Gasteiger partial charge in [-0.1, -0.05) is 24.3 Å². The molecule has 0 radical (unpaired) electrons. The Bertz CT molecular complexity index is 679. The summed E-state index contributed by atoms with van der Waals surface area (Å²) in [4.78, 5) is 14.1. The molecule has 0 atom stereocenters. The predicted molar refractivity (Wildman–Crippen MR) is 73.9 cm³/mol. The van der Waals surface area contributed by atoms with Crippen LogP contribution in [0.15, 0.2) is 24.3 Å². The Morgan fingerprint density at radius 1 is 1.32 bits per heavy atom. The molecule has 2 aromatic carbocycles. The minimum Gasteiger partial charge on any atom is -0.506 e. The molecule has 0 aromatic heterocycles. The molecule has 19 heavy (non-hydrogen) atoms. The molecular weight excluding hydrogens is 242 g/mol. The SMILES string of the molecule is COC(=O)c1c2c(c3ccccc3c1O)N(C)CC2. The van der Waals surface area contributed by atoms with E-state index in [2.05, 4.69) is 4.90 Å². The highest BCUT2D eigenvalue weighted by molar-refractivity contribution is 6.09. The van der Waals surface area contributed by atoms with Gasteiger partial charge in [-0.3, -0.25) is 0 Å². The number of phenolic OH excluding ortho intramolecular Hbond substituents is 1. The lowest BCUT2D eigenvalue weighted by molar-refractivity contribution is 0.0597. The van der Waals surface area contributed by atoms with Crippen LogP contribution in [-0.4, -0.2) is 31.8 Å². The standard InChI is InChI=1S/C15H15NO3/c1-16-8-7-11-12(15(18)19-2)14(17)10-6-4-3-5-9(10)13(11)16/h3-6,17H,7-8H2,1-2H3. The van der Waals surface area contributed by atoms with Gasteiger partial charge in [0.05, 0.1) is 7.11 Å². The van der Waals surface area contributed by atoms with Gasteiger partial charge in [0.2, 0.25) is 0 Å². The molecule has 0 amide bonds. The first-order valence-corrected chi connectivity index (χ1v) is 6.21. The van der Waals surface area contributed by atoms with Crippen LogP contribution >= 0.6 is 0 Å². The largest absolute Gasteiger partial charge is 0.506 e. The molecule has 1 aliphatic heterocycles. The van der Waals surface area contributed by atoms with Crippen molar-refractivity contribution in [2.45, 2.75) is 6.42 Å². The maximum absolute atomic E-state index is 11.9. The number of fused-ring (bicyclic) bond motifs is 3. The Hall–Kier alpha value is -2.23. The number of hydrogen-bond donors (Lipinski definition) is 1. The smallest absolute Gasteiger partial charge is 0.342 e. The molecule has 98 valence electrons. The van der Waals surface area contributed by atoms with Crippen molar-refractivity contribution in [3.63, 3.8) is 0 Å². The summed E-state index contributed by atoms with van der Waals surface area (Å²) >= 11 is 0. The second kappa shape index (κ2) is 4.16. The fourth-order valence-electron chi connectivity index (χ4n) is 2.85. The zero-order chi connectivity index (χ0) is 13.6. The zero-order valence-corrected chi connectivity index (χ0v) is 10.9. The number of carbonyl (C=O) groups excluding carboxylic acids is 1. The molecule has 0 saturated heterocycles. The van der Waals surface area contributed by atoms with E-state index in [9.17, 15) is 9.90 Å². The van der Waals surface area contributed by atoms with Gasteiger partial charge in [-0.2, -0.15) is 0 Å². The Morgan fingerprint density at radius 2 is 2.00 bits per heavy atom. The summed E-state index contributed by atoms with van der Waals surface area (Å²) in [7, 11) is 3.33. The van der Waals surface area contributed by atoms with E-state index in [1.54, 1.807) is 0 Å². The lowest BCUT2D eigenvalue weighted by Crippen LogP contribution is -2.13. The summed E-state index contributed by atoms with van der Waals surface area (Å²) in [6, 6.07) is 7.58. The van der Waals surface area contributed by atoms with Crippen molar-refractivity contribution in [3.05, 3.63) is 35.4 Å². The number of methoxy groups -OCH3 is 1. The lowest BCUT2D eigenvalue weighted by atomic mass is 9.96. The molecule has 0 aliphatic carbocycles. The molecule has 0 unspecified atom stereocenters. The number of nitrogens with zero attached hydrogens (tertiary/aromatic N) is 1. The van der Waals surface area contributed by atoms with E-state index in [4.69, 9.17) is 4.74 Å². The number of hydrogen-bond acceptors (Lipinski definition) is 4. The summed E-state index contributed by atoms with van der Waals surface area (Å²) in [6.07, 6.45) is 0.745. The van der Waals surface area contributed by atoms with Crippen molar-refractivity contribution in [1.29, 1.82) is 0 Å². The van der Waals surface area contributed by atoms with Crippen LogP contribution in [0.5, 0.6) is 5.75 Å². The van der Waals surface area contributed by atoms with Crippen molar-refractivity contribution >= 4 is 22.4 Å². The van der Waals surface area contributed by atoms with Crippen LogP contribution in [0.2, 0.25) is 0 Å². The molecular formula is C15H15NO3. The van der Waals surface area contributed by atoms with Crippen LogP contribution < -0.4 is 4.90 Å². The van der Waals surface area contributed by atoms with Crippen LogP contribution in [0.4, 0.5) is 5.69 Å². The number of anilines is 1. The third-order valence-corrected chi connectivity index (χ3v) is 3.73. The molecule has 3 rings (SSSR count). The number of rotatable bonds is 1. The number of aromatic hydroxyl groups is 1. The maximum atomic E-state index is 11.9. The van der Waals surface area contributed by atoms with Crippen LogP contribution in [0.3, 0.4) is 0 Å². The predicted octanol–water partition coefficient (Wildman–Crippen LogP) is 2.32. The molecule has 1 aliphatic rings. The summed E-state index contributed by atoms with van der Waals surface area (Å²) < 4.78 is 4.81. The van der Waals surface area contributed by atoms with Crippen molar-refractivity contribution in [2.75, 3.05) is 25.6 Å². The number of likely N-dealkylation sites (N-methyl/N-ethyl adjacent to an activating group) is 1. The van der Waals surface area contributed by atoms with Gasteiger partial charge < -0.3 is 14.7 Å². The van der Waals surface area contributed by atoms with Crippen LogP contribution in [0, 0.1) is 0 Å². The maximum Gasteiger partial charge on any atom is 0.342 e. The summed E-state index contributed by atoms with van der Waals surface area (Å²) in [6.45, 7) is 0.840. The Balaban J connectivity index is 2.45. The van der Waals surface area contributed by atoms with Gasteiger partial charge in [0, 0.05) is 30.1 Å². The number of benzene rings is 2. The van der Waals surface area contributed by atoms with Gasteiger partial charge in [0.15, 0.2) is 0 Å². The molecule has 1 heterocycles. The summed E-state index contributed by atoms with van der Waals surface area (Å²) in [5, 5.41) is 12.0. The van der Waals surface area contributed by atoms with Crippen LogP contribution in [0.25, 0.3) is 10.8 Å². The van der Waals surface area contributed by atoms with E-state index >= 15 is 0 Å². The quantitative estimate of drug-likeness (QED) is 0.797. The third-order valence-electron chi connectivity index (χ3n) is 3.73. The number of ether oxygens (including phenoxy) is 1. The molecule has 1 N–H and O–H groups in total. The molecule has 4 heteroatoms. The zero-order valence-electron chi connectivity index (χ0n) is 10.9. The van der Waals surface area contributed by atoms with Gasteiger partial charge in [0.25, 0.3) is 0 Å². The Morgan fingerprint density at radius 3 is 2.68 bits per heavy atom. The molecule has 0 fully saturated rings. The number of esters is 1. The van der Waals surface area contributed by atoms with E-state index in [0.717, 1.165) is 29.6 Å². The van der Waals surface area contributed by atoms with Gasteiger partial charge >= 0.3 is 5.97 Å². The van der Waals surface area contributed by atoms with E-state index < -0.39 is 5.97 Å². The number of carbonyl (C=O) groups is 1. The Kier molecular flexibility index (Phi) is 2.59. The van der Waals surface area contributed by atoms with E-state index in [0.29, 0.717) is 10.9 Å². The van der Waals surface area contributed by atoms with Crippen LogP contribution in [0.1, 0.15) is 15.9 Å². The van der Waals surface area contributed by atoms with E-state index in [1.165, 1.54) is 7.11 Å². The third kappa shape index (κ3) is 1.56. The van der Waals surface area contributed by atoms with Gasteiger partial charge in [0.1, 0.15) is 11.3 Å². The second-order valence-electron chi connectivity index (χ2n) is 4.76. The molecule has 4 nitrogen and oxygen atoms in total. The van der Waals surface area contributed by atoms with E-state index in [-0.39, 0.29) is 5.75 Å². The topological polar surface area (TPSA) is 49.8 Å². The number of phenols is 1. The molecule has 0 bridgehead atoms. The average molecular weight is 257 g/mol. The van der Waals surface area contributed by atoms with Crippen molar-refractivity contribution in [2.24, 2.45) is 0 Å². The highest BCUT2D eigenvalue weighted by Gasteiger charge is 2.29. The summed E-state index contributed by atoms with van der Waals surface area (Å²) in [5.74, 6) is -0.452. The minimum atomic E-state index is -0.477. The first-order valence-electron chi connectivity index (χ1n) is 6.21. The average Bonchev–Trinajstić information content (AvgIpc) is 2.81. The minimum absolute atomic E-state index is 0.0245. The summed E-state index contributed by atoms with van der Waals surface area (Å²) in [5.41, 5.74) is 2.21.